The van der Waals surface area contributed by atoms with Gasteiger partial charge in [0.2, 0.25) is 5.91 Å². The monoisotopic (exact) mass is 279 g/mol. The van der Waals surface area contributed by atoms with Gasteiger partial charge in [-0.2, -0.15) is 0 Å². The molecule has 0 radical (unpaired) electrons. The number of fused-ring (bicyclic) bond motifs is 2. The zero-order valence-corrected chi connectivity index (χ0v) is 12.7. The molecule has 0 aromatic carbocycles. The maximum atomic E-state index is 12.4. The van der Waals surface area contributed by atoms with Crippen molar-refractivity contribution in [2.24, 2.45) is 23.7 Å². The molecule has 0 aliphatic heterocycles. The fourth-order valence-electron chi connectivity index (χ4n) is 5.17. The van der Waals surface area contributed by atoms with Crippen molar-refractivity contribution in [2.45, 2.75) is 70.3 Å². The Bertz CT molecular complexity index is 370. The summed E-state index contributed by atoms with van der Waals surface area (Å²) >= 11 is 0. The van der Waals surface area contributed by atoms with E-state index < -0.39 is 0 Å². The summed E-state index contributed by atoms with van der Waals surface area (Å²) in [5.41, 5.74) is -0.327. The van der Waals surface area contributed by atoms with E-state index >= 15 is 0 Å². The van der Waals surface area contributed by atoms with Crippen LogP contribution in [0.1, 0.15) is 64.7 Å². The predicted octanol–water partition coefficient (Wildman–Crippen LogP) is 2.87. The molecule has 2 N–H and O–H groups in total. The maximum absolute atomic E-state index is 12.4. The van der Waals surface area contributed by atoms with Gasteiger partial charge >= 0.3 is 0 Å². The van der Waals surface area contributed by atoms with Crippen molar-refractivity contribution in [1.82, 2.24) is 5.32 Å². The van der Waals surface area contributed by atoms with E-state index in [1.807, 2.05) is 0 Å². The van der Waals surface area contributed by atoms with Gasteiger partial charge in [-0.15, -0.1) is 0 Å². The lowest BCUT2D eigenvalue weighted by Gasteiger charge is -2.39. The quantitative estimate of drug-likeness (QED) is 0.831. The van der Waals surface area contributed by atoms with E-state index in [0.29, 0.717) is 18.3 Å². The molecule has 2 bridgehead atoms. The van der Waals surface area contributed by atoms with Gasteiger partial charge in [-0.1, -0.05) is 26.2 Å². The van der Waals surface area contributed by atoms with E-state index in [0.717, 1.165) is 31.1 Å². The first-order valence-corrected chi connectivity index (χ1v) is 8.52. The van der Waals surface area contributed by atoms with Gasteiger partial charge in [0.05, 0.1) is 12.1 Å². The van der Waals surface area contributed by atoms with E-state index in [2.05, 4.69) is 12.2 Å². The highest BCUT2D eigenvalue weighted by molar-refractivity contribution is 5.77. The molecule has 0 saturated heterocycles. The molecule has 3 rings (SSSR count). The van der Waals surface area contributed by atoms with Crippen LogP contribution >= 0.6 is 0 Å². The van der Waals surface area contributed by atoms with Gasteiger partial charge in [-0.05, 0) is 55.8 Å². The first kappa shape index (κ1) is 14.4. The Morgan fingerprint density at radius 3 is 2.75 bits per heavy atom. The van der Waals surface area contributed by atoms with Gasteiger partial charge < -0.3 is 10.4 Å². The van der Waals surface area contributed by atoms with Gasteiger partial charge in [0.25, 0.3) is 0 Å². The van der Waals surface area contributed by atoms with Crippen molar-refractivity contribution in [3.05, 3.63) is 0 Å². The molecule has 5 unspecified atom stereocenters. The number of rotatable bonds is 4. The largest absolute Gasteiger partial charge is 0.394 e. The second kappa shape index (κ2) is 5.67. The molecule has 3 fully saturated rings. The number of amides is 1. The molecule has 20 heavy (non-hydrogen) atoms. The highest BCUT2D eigenvalue weighted by Crippen LogP contribution is 2.49. The van der Waals surface area contributed by atoms with Crippen LogP contribution < -0.4 is 5.32 Å². The van der Waals surface area contributed by atoms with Crippen LogP contribution in [-0.2, 0) is 4.79 Å². The highest BCUT2D eigenvalue weighted by atomic mass is 16.3. The molecule has 3 nitrogen and oxygen atoms in total. The Kier molecular flexibility index (Phi) is 4.07. The summed E-state index contributed by atoms with van der Waals surface area (Å²) < 4.78 is 0. The average molecular weight is 279 g/mol. The van der Waals surface area contributed by atoms with E-state index in [1.165, 1.54) is 32.1 Å². The van der Waals surface area contributed by atoms with Crippen molar-refractivity contribution in [2.75, 3.05) is 6.61 Å². The van der Waals surface area contributed by atoms with E-state index in [9.17, 15) is 9.90 Å². The molecule has 0 aromatic heterocycles. The molecule has 3 aliphatic rings. The topological polar surface area (TPSA) is 49.3 Å². The van der Waals surface area contributed by atoms with E-state index in [4.69, 9.17) is 0 Å². The van der Waals surface area contributed by atoms with Crippen molar-refractivity contribution in [3.8, 4) is 0 Å². The van der Waals surface area contributed by atoms with Crippen LogP contribution in [0, 0.1) is 23.7 Å². The number of carbonyl (C=O) groups is 1. The minimum Gasteiger partial charge on any atom is -0.394 e. The summed E-state index contributed by atoms with van der Waals surface area (Å²) in [5.74, 6) is 3.12. The maximum Gasteiger partial charge on any atom is 0.220 e. The van der Waals surface area contributed by atoms with Gasteiger partial charge in [0, 0.05) is 6.42 Å². The van der Waals surface area contributed by atoms with Gasteiger partial charge in [-0.3, -0.25) is 4.79 Å². The second-order valence-electron chi connectivity index (χ2n) is 7.83. The first-order valence-electron chi connectivity index (χ1n) is 8.52. The second-order valence-corrected chi connectivity index (χ2v) is 7.83. The third-order valence-corrected chi connectivity index (χ3v) is 6.13. The molecule has 114 valence electrons. The molecule has 0 spiro atoms. The predicted molar refractivity (Wildman–Crippen MR) is 79.1 cm³/mol. The number of aliphatic hydroxyl groups excluding tert-OH is 1. The van der Waals surface area contributed by atoms with E-state index in [-0.39, 0.29) is 18.1 Å². The molecular formula is C17H29NO2. The summed E-state index contributed by atoms with van der Waals surface area (Å²) in [6.45, 7) is 2.32. The molecule has 5 atom stereocenters. The van der Waals surface area contributed by atoms with Crippen molar-refractivity contribution >= 4 is 5.91 Å². The molecule has 3 aliphatic carbocycles. The first-order chi connectivity index (χ1) is 9.60. The lowest BCUT2D eigenvalue weighted by molar-refractivity contribution is -0.125. The standard InChI is InChI=1S/C17H29NO2/c1-12-3-2-6-17(10-12,11-19)18-16(20)9-15-8-13-4-5-14(15)7-13/h12-15,19H,2-11H2,1H3,(H,18,20). The molecular weight excluding hydrogens is 250 g/mol. The molecule has 0 aromatic rings. The lowest BCUT2D eigenvalue weighted by atomic mass is 9.76. The molecule has 3 heteroatoms. The van der Waals surface area contributed by atoms with Crippen LogP contribution in [0.5, 0.6) is 0 Å². The van der Waals surface area contributed by atoms with Crippen molar-refractivity contribution in [3.63, 3.8) is 0 Å². The Labute approximate surface area is 122 Å². The van der Waals surface area contributed by atoms with Gasteiger partial charge in [0.15, 0.2) is 0 Å². The van der Waals surface area contributed by atoms with Crippen molar-refractivity contribution in [1.29, 1.82) is 0 Å². The number of carbonyl (C=O) groups excluding carboxylic acids is 1. The molecule has 0 heterocycles. The zero-order valence-electron chi connectivity index (χ0n) is 12.7. The Morgan fingerprint density at radius 2 is 2.15 bits per heavy atom. The third-order valence-electron chi connectivity index (χ3n) is 6.13. The minimum atomic E-state index is -0.327. The average Bonchev–Trinajstić information content (AvgIpc) is 3.00. The number of hydrogen-bond acceptors (Lipinski definition) is 2. The van der Waals surface area contributed by atoms with Crippen LogP contribution in [0.4, 0.5) is 0 Å². The number of aliphatic hydroxyl groups is 1. The molecule has 1 amide bonds. The van der Waals surface area contributed by atoms with Crippen LogP contribution in [-0.4, -0.2) is 23.2 Å². The summed E-state index contributed by atoms with van der Waals surface area (Å²) in [6.07, 6.45) is 10.3. The van der Waals surface area contributed by atoms with Crippen LogP contribution in [0.2, 0.25) is 0 Å². The lowest BCUT2D eigenvalue weighted by Crippen LogP contribution is -2.54. The number of nitrogens with one attached hydrogen (secondary N) is 1. The Morgan fingerprint density at radius 1 is 1.30 bits per heavy atom. The molecule has 3 saturated carbocycles. The van der Waals surface area contributed by atoms with E-state index in [1.54, 1.807) is 0 Å². The smallest absolute Gasteiger partial charge is 0.220 e. The highest BCUT2D eigenvalue weighted by Gasteiger charge is 2.41. The fourth-order valence-corrected chi connectivity index (χ4v) is 5.17. The van der Waals surface area contributed by atoms with Crippen LogP contribution in [0.15, 0.2) is 0 Å². The van der Waals surface area contributed by atoms with Gasteiger partial charge in [0.1, 0.15) is 0 Å². The summed E-state index contributed by atoms with van der Waals surface area (Å²) in [7, 11) is 0. The Balaban J connectivity index is 1.54. The van der Waals surface area contributed by atoms with Gasteiger partial charge in [-0.25, -0.2) is 0 Å². The summed E-state index contributed by atoms with van der Waals surface area (Å²) in [5, 5.41) is 13.0. The fraction of sp³-hybridized carbons (Fsp3) is 0.941. The summed E-state index contributed by atoms with van der Waals surface area (Å²) in [6, 6.07) is 0. The minimum absolute atomic E-state index is 0.0970. The number of hydrogen-bond donors (Lipinski definition) is 2. The van der Waals surface area contributed by atoms with Crippen LogP contribution in [0.3, 0.4) is 0 Å². The normalized spacial score (nSPS) is 43.7. The summed E-state index contributed by atoms with van der Waals surface area (Å²) in [4.78, 5) is 12.4. The van der Waals surface area contributed by atoms with Crippen molar-refractivity contribution < 1.29 is 9.90 Å². The SMILES string of the molecule is CC1CCCC(CO)(NC(=O)CC2CC3CCC2C3)C1. The zero-order chi connectivity index (χ0) is 14.2. The van der Waals surface area contributed by atoms with Crippen LogP contribution in [0.25, 0.3) is 0 Å². The third kappa shape index (κ3) is 2.88. The Hall–Kier alpha value is -0.570.